The summed E-state index contributed by atoms with van der Waals surface area (Å²) in [5.74, 6) is 0.269. The van der Waals surface area contributed by atoms with Gasteiger partial charge in [0, 0.05) is 51.7 Å². The Morgan fingerprint density at radius 3 is 2.55 bits per heavy atom. The number of amides is 2. The summed E-state index contributed by atoms with van der Waals surface area (Å²) in [6, 6.07) is 10.8. The largest absolute Gasteiger partial charge is 0.353 e. The second-order valence-electron chi connectivity index (χ2n) is 9.35. The predicted octanol–water partition coefficient (Wildman–Crippen LogP) is 2.66. The third-order valence-electron chi connectivity index (χ3n) is 6.95. The van der Waals surface area contributed by atoms with E-state index >= 15 is 0 Å². The zero-order valence-electron chi connectivity index (χ0n) is 19.0. The number of hydrogen-bond donors (Lipinski definition) is 1. The summed E-state index contributed by atoms with van der Waals surface area (Å²) in [6.07, 6.45) is 5.34. The fourth-order valence-electron chi connectivity index (χ4n) is 5.06. The van der Waals surface area contributed by atoms with Crippen LogP contribution in [-0.4, -0.2) is 65.7 Å². The van der Waals surface area contributed by atoms with E-state index in [0.717, 1.165) is 70.0 Å². The van der Waals surface area contributed by atoms with Crippen molar-refractivity contribution in [3.05, 3.63) is 35.9 Å². The predicted molar refractivity (Wildman–Crippen MR) is 129 cm³/mol. The van der Waals surface area contributed by atoms with Crippen molar-refractivity contribution in [2.24, 2.45) is 5.92 Å². The number of nitrogens with one attached hydrogen (secondary N) is 1. The number of aromatic nitrogens is 2. The Morgan fingerprint density at radius 1 is 1.00 bits per heavy atom. The third kappa shape index (κ3) is 5.35. The summed E-state index contributed by atoms with van der Waals surface area (Å²) in [5, 5.41) is 13.4. The van der Waals surface area contributed by atoms with Crippen molar-refractivity contribution in [1.82, 2.24) is 20.4 Å². The molecule has 176 valence electrons. The number of nitrogens with zero attached hydrogens (tertiary/aromatic N) is 5. The lowest BCUT2D eigenvalue weighted by Gasteiger charge is -2.35. The Hall–Kier alpha value is -2.52. The molecule has 2 aromatic rings. The highest BCUT2D eigenvalue weighted by Crippen LogP contribution is 2.32. The Labute approximate surface area is 199 Å². The molecule has 0 bridgehead atoms. The summed E-state index contributed by atoms with van der Waals surface area (Å²) in [7, 11) is 0. The highest BCUT2D eigenvalue weighted by atomic mass is 32.1. The molecule has 1 aromatic carbocycles. The molecule has 0 radical (unpaired) electrons. The first kappa shape index (κ1) is 22.3. The molecule has 8 nitrogen and oxygen atoms in total. The van der Waals surface area contributed by atoms with Gasteiger partial charge < -0.3 is 10.2 Å². The molecule has 33 heavy (non-hydrogen) atoms. The maximum atomic E-state index is 13.0. The normalized spacial score (nSPS) is 22.7. The standard InChI is InChI=1S/C24H32N6O2S/c31-21-9-5-13-30(21)24-27-26-23(33-24)29-12-4-8-19(17-29)22(32)25-20-10-14-28(15-11-20)16-18-6-2-1-3-7-18/h1-3,6-7,19-20H,4-5,8-17H2,(H,25,32)/t19-/m0/s1. The highest BCUT2D eigenvalue weighted by molar-refractivity contribution is 7.19. The second-order valence-corrected chi connectivity index (χ2v) is 10.3. The number of benzene rings is 1. The third-order valence-corrected chi connectivity index (χ3v) is 7.96. The molecule has 1 N–H and O–H groups in total. The van der Waals surface area contributed by atoms with Crippen LogP contribution >= 0.6 is 11.3 Å². The molecule has 2 amide bonds. The molecule has 0 unspecified atom stereocenters. The Morgan fingerprint density at radius 2 is 1.79 bits per heavy atom. The van der Waals surface area contributed by atoms with Crippen molar-refractivity contribution in [3.8, 4) is 0 Å². The molecule has 1 atom stereocenters. The molecule has 5 rings (SSSR count). The van der Waals surface area contributed by atoms with Gasteiger partial charge in [-0.1, -0.05) is 41.7 Å². The number of hydrogen-bond acceptors (Lipinski definition) is 7. The Balaban J connectivity index is 1.10. The summed E-state index contributed by atoms with van der Waals surface area (Å²) >= 11 is 1.46. The van der Waals surface area contributed by atoms with Crippen molar-refractivity contribution in [1.29, 1.82) is 0 Å². The number of carbonyl (C=O) groups is 2. The van der Waals surface area contributed by atoms with Gasteiger partial charge in [-0.15, -0.1) is 10.2 Å². The quantitative estimate of drug-likeness (QED) is 0.702. The average Bonchev–Trinajstić information content (AvgIpc) is 3.50. The van der Waals surface area contributed by atoms with E-state index in [4.69, 9.17) is 0 Å². The van der Waals surface area contributed by atoms with E-state index in [2.05, 4.69) is 55.6 Å². The van der Waals surface area contributed by atoms with Gasteiger partial charge in [0.15, 0.2) is 0 Å². The number of likely N-dealkylation sites (tertiary alicyclic amines) is 1. The average molecular weight is 469 g/mol. The zero-order valence-corrected chi connectivity index (χ0v) is 19.8. The van der Waals surface area contributed by atoms with E-state index in [0.29, 0.717) is 18.1 Å². The first-order valence-electron chi connectivity index (χ1n) is 12.1. The Bertz CT molecular complexity index is 959. The number of carbonyl (C=O) groups excluding carboxylic acids is 2. The zero-order chi connectivity index (χ0) is 22.6. The highest BCUT2D eigenvalue weighted by Gasteiger charge is 2.31. The maximum absolute atomic E-state index is 13.0. The summed E-state index contributed by atoms with van der Waals surface area (Å²) in [4.78, 5) is 31.4. The Kier molecular flexibility index (Phi) is 6.87. The van der Waals surface area contributed by atoms with E-state index < -0.39 is 0 Å². The van der Waals surface area contributed by atoms with Crippen LogP contribution in [0.15, 0.2) is 30.3 Å². The fourth-order valence-corrected chi connectivity index (χ4v) is 5.98. The fraction of sp³-hybridized carbons (Fsp3) is 0.583. The van der Waals surface area contributed by atoms with Crippen LogP contribution in [0.5, 0.6) is 0 Å². The van der Waals surface area contributed by atoms with Gasteiger partial charge >= 0.3 is 0 Å². The van der Waals surface area contributed by atoms with Gasteiger partial charge in [-0.2, -0.15) is 0 Å². The lowest BCUT2D eigenvalue weighted by Crippen LogP contribution is -2.49. The van der Waals surface area contributed by atoms with E-state index in [1.165, 1.54) is 16.9 Å². The van der Waals surface area contributed by atoms with Crippen LogP contribution in [0, 0.1) is 5.92 Å². The second kappa shape index (κ2) is 10.2. The van der Waals surface area contributed by atoms with Crippen LogP contribution in [-0.2, 0) is 16.1 Å². The molecule has 3 fully saturated rings. The number of piperidine rings is 2. The first-order valence-corrected chi connectivity index (χ1v) is 12.9. The lowest BCUT2D eigenvalue weighted by atomic mass is 9.96. The van der Waals surface area contributed by atoms with Crippen LogP contribution in [0.3, 0.4) is 0 Å². The van der Waals surface area contributed by atoms with E-state index in [9.17, 15) is 9.59 Å². The van der Waals surface area contributed by atoms with Gasteiger partial charge in [-0.25, -0.2) is 0 Å². The van der Waals surface area contributed by atoms with E-state index in [1.54, 1.807) is 4.90 Å². The van der Waals surface area contributed by atoms with Crippen LogP contribution in [0.1, 0.15) is 44.1 Å². The summed E-state index contributed by atoms with van der Waals surface area (Å²) < 4.78 is 0. The molecule has 0 saturated carbocycles. The molecule has 3 aliphatic heterocycles. The van der Waals surface area contributed by atoms with Gasteiger partial charge in [0.05, 0.1) is 5.92 Å². The van der Waals surface area contributed by atoms with Crippen LogP contribution in [0.4, 0.5) is 10.3 Å². The lowest BCUT2D eigenvalue weighted by molar-refractivity contribution is -0.126. The molecule has 3 aliphatic rings. The molecular weight excluding hydrogens is 436 g/mol. The van der Waals surface area contributed by atoms with Gasteiger partial charge in [0.1, 0.15) is 0 Å². The number of anilines is 2. The van der Waals surface area contributed by atoms with Gasteiger partial charge in [0.2, 0.25) is 22.1 Å². The van der Waals surface area contributed by atoms with Crippen LogP contribution in [0.2, 0.25) is 0 Å². The van der Waals surface area contributed by atoms with Crippen molar-refractivity contribution < 1.29 is 9.59 Å². The molecule has 0 spiro atoms. The van der Waals surface area contributed by atoms with Crippen LogP contribution < -0.4 is 15.1 Å². The van der Waals surface area contributed by atoms with Crippen molar-refractivity contribution in [2.75, 3.05) is 42.5 Å². The van der Waals surface area contributed by atoms with Gasteiger partial charge in [-0.05, 0) is 37.7 Å². The molecule has 3 saturated heterocycles. The van der Waals surface area contributed by atoms with Crippen molar-refractivity contribution >= 4 is 33.4 Å². The summed E-state index contributed by atoms with van der Waals surface area (Å²) in [5.41, 5.74) is 1.34. The van der Waals surface area contributed by atoms with Gasteiger partial charge in [0.25, 0.3) is 0 Å². The van der Waals surface area contributed by atoms with E-state index in [1.807, 2.05) is 0 Å². The minimum Gasteiger partial charge on any atom is -0.353 e. The van der Waals surface area contributed by atoms with Gasteiger partial charge in [-0.3, -0.25) is 19.4 Å². The van der Waals surface area contributed by atoms with Crippen LogP contribution in [0.25, 0.3) is 0 Å². The number of rotatable bonds is 6. The minimum absolute atomic E-state index is 0.0260. The van der Waals surface area contributed by atoms with Crippen molar-refractivity contribution in [2.45, 2.75) is 51.1 Å². The summed E-state index contributed by atoms with van der Waals surface area (Å²) in [6.45, 7) is 5.28. The molecule has 9 heteroatoms. The monoisotopic (exact) mass is 468 g/mol. The maximum Gasteiger partial charge on any atom is 0.228 e. The van der Waals surface area contributed by atoms with Crippen molar-refractivity contribution in [3.63, 3.8) is 0 Å². The molecule has 0 aliphatic carbocycles. The smallest absolute Gasteiger partial charge is 0.228 e. The molecular formula is C24H32N6O2S. The van der Waals surface area contributed by atoms with E-state index in [-0.39, 0.29) is 23.8 Å². The topological polar surface area (TPSA) is 81.7 Å². The minimum atomic E-state index is -0.0260. The molecule has 1 aromatic heterocycles. The first-order chi connectivity index (χ1) is 16.2. The molecule has 4 heterocycles. The SMILES string of the molecule is O=C(NC1CCN(Cc2ccccc2)CC1)[C@H]1CCCN(c2nnc(N3CCCC3=O)s2)C1.